The molecule has 0 spiro atoms. The van der Waals surface area contributed by atoms with Gasteiger partial charge in [-0.25, -0.2) is 4.98 Å². The van der Waals surface area contributed by atoms with E-state index < -0.39 is 0 Å². The number of nitrogens with zero attached hydrogens (tertiary/aromatic N) is 2. The fraction of sp³-hybridized carbons (Fsp3) is 0.667. The normalized spacial score (nSPS) is 16.9. The first-order chi connectivity index (χ1) is 9.24. The van der Waals surface area contributed by atoms with Crippen molar-refractivity contribution in [1.82, 2.24) is 10.3 Å². The summed E-state index contributed by atoms with van der Waals surface area (Å²) < 4.78 is 0. The monoisotopic (exact) mass is 263 g/mol. The Morgan fingerprint density at radius 3 is 2.74 bits per heavy atom. The molecule has 4 nitrogen and oxygen atoms in total. The van der Waals surface area contributed by atoms with Gasteiger partial charge >= 0.3 is 0 Å². The van der Waals surface area contributed by atoms with E-state index in [2.05, 4.69) is 35.1 Å². The van der Waals surface area contributed by atoms with Crippen molar-refractivity contribution in [1.29, 1.82) is 0 Å². The smallest absolute Gasteiger partial charge is 0.131 e. The number of hydrogen-bond donors (Lipinski definition) is 2. The van der Waals surface area contributed by atoms with Crippen molar-refractivity contribution in [2.45, 2.75) is 33.2 Å². The fourth-order valence-corrected chi connectivity index (χ4v) is 2.65. The second-order valence-electron chi connectivity index (χ2n) is 5.38. The molecule has 2 rings (SSSR count). The Labute approximate surface area is 115 Å². The molecule has 0 atom stereocenters. The van der Waals surface area contributed by atoms with Crippen molar-refractivity contribution in [2.75, 3.05) is 31.1 Å². The van der Waals surface area contributed by atoms with E-state index in [0.717, 1.165) is 44.8 Å². The van der Waals surface area contributed by atoms with Crippen LogP contribution in [0.3, 0.4) is 0 Å². The standard InChI is InChI=1S/C15H25N3O/c1-3-16-9-14-8-12(2)15(17-10-14)18-6-4-13(11-19)5-7-18/h8,10,13,16,19H,3-7,9,11H2,1-2H3. The minimum absolute atomic E-state index is 0.321. The lowest BCUT2D eigenvalue weighted by atomic mass is 9.97. The minimum atomic E-state index is 0.321. The van der Waals surface area contributed by atoms with E-state index >= 15 is 0 Å². The molecule has 0 aromatic carbocycles. The maximum Gasteiger partial charge on any atom is 0.131 e. The molecule has 1 aliphatic heterocycles. The van der Waals surface area contributed by atoms with Gasteiger partial charge in [-0.2, -0.15) is 0 Å². The van der Waals surface area contributed by atoms with E-state index in [1.54, 1.807) is 0 Å². The van der Waals surface area contributed by atoms with Crippen molar-refractivity contribution >= 4 is 5.82 Å². The first-order valence-electron chi connectivity index (χ1n) is 7.26. The topological polar surface area (TPSA) is 48.4 Å². The van der Waals surface area contributed by atoms with Gasteiger partial charge in [-0.15, -0.1) is 0 Å². The molecule has 1 aliphatic rings. The summed E-state index contributed by atoms with van der Waals surface area (Å²) in [6, 6.07) is 2.23. The third kappa shape index (κ3) is 3.67. The van der Waals surface area contributed by atoms with Gasteiger partial charge in [0.15, 0.2) is 0 Å². The summed E-state index contributed by atoms with van der Waals surface area (Å²) in [5.41, 5.74) is 2.49. The van der Waals surface area contributed by atoms with Gasteiger partial charge in [0, 0.05) is 32.4 Å². The summed E-state index contributed by atoms with van der Waals surface area (Å²) >= 11 is 0. The number of rotatable bonds is 5. The zero-order valence-electron chi connectivity index (χ0n) is 12.0. The van der Waals surface area contributed by atoms with Gasteiger partial charge in [0.25, 0.3) is 0 Å². The molecular weight excluding hydrogens is 238 g/mol. The van der Waals surface area contributed by atoms with Crippen LogP contribution in [0.25, 0.3) is 0 Å². The minimum Gasteiger partial charge on any atom is -0.396 e. The van der Waals surface area contributed by atoms with Crippen LogP contribution in [0.2, 0.25) is 0 Å². The van der Waals surface area contributed by atoms with E-state index in [1.807, 2.05) is 6.20 Å². The van der Waals surface area contributed by atoms with Crippen LogP contribution in [0.4, 0.5) is 5.82 Å². The summed E-state index contributed by atoms with van der Waals surface area (Å²) in [6.45, 7) is 8.45. The van der Waals surface area contributed by atoms with Crippen LogP contribution < -0.4 is 10.2 Å². The number of aliphatic hydroxyl groups is 1. The van der Waals surface area contributed by atoms with E-state index in [1.165, 1.54) is 11.1 Å². The van der Waals surface area contributed by atoms with Crippen LogP contribution in [0.15, 0.2) is 12.3 Å². The van der Waals surface area contributed by atoms with Crippen molar-refractivity contribution in [3.05, 3.63) is 23.4 Å². The van der Waals surface area contributed by atoms with Crippen molar-refractivity contribution in [2.24, 2.45) is 5.92 Å². The van der Waals surface area contributed by atoms with Crippen molar-refractivity contribution in [3.63, 3.8) is 0 Å². The van der Waals surface area contributed by atoms with Crippen LogP contribution in [0.1, 0.15) is 30.9 Å². The molecule has 0 bridgehead atoms. The van der Waals surface area contributed by atoms with E-state index in [9.17, 15) is 5.11 Å². The zero-order valence-corrected chi connectivity index (χ0v) is 12.0. The van der Waals surface area contributed by atoms with Crippen LogP contribution in [-0.2, 0) is 6.54 Å². The fourth-order valence-electron chi connectivity index (χ4n) is 2.65. The Bertz CT molecular complexity index is 400. The van der Waals surface area contributed by atoms with Crippen LogP contribution in [-0.4, -0.2) is 36.3 Å². The molecule has 0 radical (unpaired) electrons. The van der Waals surface area contributed by atoms with Gasteiger partial charge < -0.3 is 15.3 Å². The number of aliphatic hydroxyl groups excluding tert-OH is 1. The first-order valence-corrected chi connectivity index (χ1v) is 7.26. The molecular formula is C15H25N3O. The van der Waals surface area contributed by atoms with Gasteiger partial charge in [0.2, 0.25) is 0 Å². The SMILES string of the molecule is CCNCc1cnc(N2CCC(CO)CC2)c(C)c1. The number of aryl methyl sites for hydroxylation is 1. The molecule has 1 saturated heterocycles. The van der Waals surface area contributed by atoms with Gasteiger partial charge in [-0.05, 0) is 49.4 Å². The Kier molecular flexibility index (Phi) is 5.16. The van der Waals surface area contributed by atoms with Crippen LogP contribution in [0, 0.1) is 12.8 Å². The van der Waals surface area contributed by atoms with Crippen LogP contribution >= 0.6 is 0 Å². The predicted molar refractivity (Wildman–Crippen MR) is 78.4 cm³/mol. The highest BCUT2D eigenvalue weighted by Crippen LogP contribution is 2.24. The lowest BCUT2D eigenvalue weighted by molar-refractivity contribution is 0.202. The average molecular weight is 263 g/mol. The van der Waals surface area contributed by atoms with Gasteiger partial charge in [0.1, 0.15) is 5.82 Å². The molecule has 0 amide bonds. The quantitative estimate of drug-likeness (QED) is 0.849. The summed E-state index contributed by atoms with van der Waals surface area (Å²) in [5.74, 6) is 1.58. The Balaban J connectivity index is 2.01. The van der Waals surface area contributed by atoms with E-state index in [0.29, 0.717) is 12.5 Å². The Morgan fingerprint density at radius 1 is 1.42 bits per heavy atom. The molecule has 1 fully saturated rings. The third-order valence-corrected chi connectivity index (χ3v) is 3.86. The molecule has 4 heteroatoms. The number of anilines is 1. The lowest BCUT2D eigenvalue weighted by Gasteiger charge is -2.33. The van der Waals surface area contributed by atoms with Crippen LogP contribution in [0.5, 0.6) is 0 Å². The predicted octanol–water partition coefficient (Wildman–Crippen LogP) is 1.71. The van der Waals surface area contributed by atoms with Crippen molar-refractivity contribution < 1.29 is 5.11 Å². The number of pyridine rings is 1. The molecule has 1 aromatic rings. The Morgan fingerprint density at radius 2 is 2.16 bits per heavy atom. The highest BCUT2D eigenvalue weighted by molar-refractivity contribution is 5.47. The van der Waals surface area contributed by atoms with Gasteiger partial charge in [-0.1, -0.05) is 6.92 Å². The zero-order chi connectivity index (χ0) is 13.7. The van der Waals surface area contributed by atoms with E-state index in [4.69, 9.17) is 0 Å². The molecule has 2 heterocycles. The summed E-state index contributed by atoms with van der Waals surface area (Å²) in [5, 5.41) is 12.5. The second kappa shape index (κ2) is 6.87. The molecule has 0 saturated carbocycles. The number of piperidine rings is 1. The highest BCUT2D eigenvalue weighted by Gasteiger charge is 2.20. The molecule has 19 heavy (non-hydrogen) atoms. The molecule has 2 N–H and O–H groups in total. The average Bonchev–Trinajstić information content (AvgIpc) is 2.45. The highest BCUT2D eigenvalue weighted by atomic mass is 16.3. The molecule has 0 aliphatic carbocycles. The second-order valence-corrected chi connectivity index (χ2v) is 5.38. The maximum atomic E-state index is 9.18. The number of nitrogens with one attached hydrogen (secondary N) is 1. The van der Waals surface area contributed by atoms with Gasteiger partial charge in [0.05, 0.1) is 0 Å². The van der Waals surface area contributed by atoms with Gasteiger partial charge in [-0.3, -0.25) is 0 Å². The molecule has 106 valence electrons. The summed E-state index contributed by atoms with van der Waals surface area (Å²) in [7, 11) is 0. The Hall–Kier alpha value is -1.13. The summed E-state index contributed by atoms with van der Waals surface area (Å²) in [6.07, 6.45) is 4.11. The van der Waals surface area contributed by atoms with Crippen molar-refractivity contribution in [3.8, 4) is 0 Å². The third-order valence-electron chi connectivity index (χ3n) is 3.86. The lowest BCUT2D eigenvalue weighted by Crippen LogP contribution is -2.35. The molecule has 0 unspecified atom stereocenters. The number of hydrogen-bond acceptors (Lipinski definition) is 4. The number of aromatic nitrogens is 1. The molecule has 1 aromatic heterocycles. The first kappa shape index (κ1) is 14.3. The van der Waals surface area contributed by atoms with E-state index in [-0.39, 0.29) is 0 Å². The summed E-state index contributed by atoms with van der Waals surface area (Å²) in [4.78, 5) is 6.97. The largest absolute Gasteiger partial charge is 0.396 e. The maximum absolute atomic E-state index is 9.18.